The summed E-state index contributed by atoms with van der Waals surface area (Å²) in [4.78, 5) is 23.8. The molecule has 1 fully saturated rings. The lowest BCUT2D eigenvalue weighted by Crippen LogP contribution is -2.34. The highest BCUT2D eigenvalue weighted by Crippen LogP contribution is 2.16. The van der Waals surface area contributed by atoms with Crippen molar-refractivity contribution in [1.29, 1.82) is 0 Å². The van der Waals surface area contributed by atoms with E-state index in [2.05, 4.69) is 16.0 Å². The van der Waals surface area contributed by atoms with E-state index in [1.54, 1.807) is 25.2 Å². The van der Waals surface area contributed by atoms with E-state index in [9.17, 15) is 9.59 Å². The smallest absolute Gasteiger partial charge is 0.253 e. The zero-order chi connectivity index (χ0) is 15.1. The van der Waals surface area contributed by atoms with Crippen molar-refractivity contribution in [2.45, 2.75) is 38.1 Å². The first-order valence-electron chi connectivity index (χ1n) is 7.55. The fourth-order valence-corrected chi connectivity index (χ4v) is 2.61. The molecule has 1 aromatic rings. The SMILES string of the molecule is CNC(=O)c1ccccc1NC(=O)CCC1CCCCN1. The Morgan fingerprint density at radius 2 is 2.10 bits per heavy atom. The van der Waals surface area contributed by atoms with Crippen molar-refractivity contribution in [3.8, 4) is 0 Å². The van der Waals surface area contributed by atoms with Crippen LogP contribution in [0.5, 0.6) is 0 Å². The average molecular weight is 289 g/mol. The van der Waals surface area contributed by atoms with Crippen molar-refractivity contribution < 1.29 is 9.59 Å². The van der Waals surface area contributed by atoms with Gasteiger partial charge in [-0.3, -0.25) is 9.59 Å². The van der Waals surface area contributed by atoms with Crippen LogP contribution in [0, 0.1) is 0 Å². The topological polar surface area (TPSA) is 70.2 Å². The third-order valence-corrected chi connectivity index (χ3v) is 3.81. The minimum absolute atomic E-state index is 0.0428. The quantitative estimate of drug-likeness (QED) is 0.775. The van der Waals surface area contributed by atoms with Gasteiger partial charge in [0.1, 0.15) is 0 Å². The summed E-state index contributed by atoms with van der Waals surface area (Å²) in [5, 5.41) is 8.85. The molecule has 1 aromatic carbocycles. The van der Waals surface area contributed by atoms with E-state index in [1.165, 1.54) is 12.8 Å². The molecule has 2 rings (SSSR count). The lowest BCUT2D eigenvalue weighted by molar-refractivity contribution is -0.116. The van der Waals surface area contributed by atoms with Crippen LogP contribution in [0.25, 0.3) is 0 Å². The number of carbonyl (C=O) groups excluding carboxylic acids is 2. The third-order valence-electron chi connectivity index (χ3n) is 3.81. The van der Waals surface area contributed by atoms with E-state index in [-0.39, 0.29) is 11.8 Å². The van der Waals surface area contributed by atoms with Gasteiger partial charge in [-0.1, -0.05) is 18.6 Å². The van der Waals surface area contributed by atoms with Gasteiger partial charge in [-0.15, -0.1) is 0 Å². The Hall–Kier alpha value is -1.88. The summed E-state index contributed by atoms with van der Waals surface area (Å²) in [6.45, 7) is 1.05. The van der Waals surface area contributed by atoms with Gasteiger partial charge in [0.25, 0.3) is 5.91 Å². The third kappa shape index (κ3) is 4.56. The Bertz CT molecular complexity index is 496. The summed E-state index contributed by atoms with van der Waals surface area (Å²) in [7, 11) is 1.58. The van der Waals surface area contributed by atoms with Gasteiger partial charge in [0, 0.05) is 19.5 Å². The van der Waals surface area contributed by atoms with Crippen LogP contribution in [-0.4, -0.2) is 31.4 Å². The molecule has 1 atom stereocenters. The summed E-state index contributed by atoms with van der Waals surface area (Å²) in [6.07, 6.45) is 4.91. The molecule has 21 heavy (non-hydrogen) atoms. The number of rotatable bonds is 5. The van der Waals surface area contributed by atoms with E-state index in [0.717, 1.165) is 19.4 Å². The summed E-state index contributed by atoms with van der Waals surface area (Å²) in [5.41, 5.74) is 1.06. The number of benzene rings is 1. The van der Waals surface area contributed by atoms with E-state index >= 15 is 0 Å². The number of carbonyl (C=O) groups is 2. The van der Waals surface area contributed by atoms with Crippen molar-refractivity contribution in [2.24, 2.45) is 0 Å². The molecule has 2 amide bonds. The second-order valence-electron chi connectivity index (χ2n) is 5.36. The van der Waals surface area contributed by atoms with Crippen LogP contribution in [0.4, 0.5) is 5.69 Å². The highest BCUT2D eigenvalue weighted by molar-refractivity contribution is 6.03. The van der Waals surface area contributed by atoms with Gasteiger partial charge in [-0.05, 0) is 37.9 Å². The molecule has 5 nitrogen and oxygen atoms in total. The second-order valence-corrected chi connectivity index (χ2v) is 5.36. The maximum absolute atomic E-state index is 12.0. The van der Waals surface area contributed by atoms with Crippen LogP contribution in [0.2, 0.25) is 0 Å². The highest BCUT2D eigenvalue weighted by Gasteiger charge is 2.15. The molecule has 5 heteroatoms. The first-order valence-corrected chi connectivity index (χ1v) is 7.55. The van der Waals surface area contributed by atoms with Gasteiger partial charge in [-0.2, -0.15) is 0 Å². The van der Waals surface area contributed by atoms with E-state index in [0.29, 0.717) is 23.7 Å². The monoisotopic (exact) mass is 289 g/mol. The molecule has 3 N–H and O–H groups in total. The molecule has 1 saturated heterocycles. The lowest BCUT2D eigenvalue weighted by atomic mass is 10.0. The number of anilines is 1. The number of hydrogen-bond acceptors (Lipinski definition) is 3. The number of hydrogen-bond donors (Lipinski definition) is 3. The zero-order valence-corrected chi connectivity index (χ0v) is 12.4. The van der Waals surface area contributed by atoms with Crippen molar-refractivity contribution in [2.75, 3.05) is 18.9 Å². The molecule has 1 unspecified atom stereocenters. The molecule has 0 aliphatic carbocycles. The van der Waals surface area contributed by atoms with E-state index < -0.39 is 0 Å². The average Bonchev–Trinajstić information content (AvgIpc) is 2.54. The predicted octanol–water partition coefficient (Wildman–Crippen LogP) is 1.91. The molecule has 1 aliphatic rings. The Balaban J connectivity index is 1.88. The predicted molar refractivity (Wildman–Crippen MR) is 83.3 cm³/mol. The van der Waals surface area contributed by atoms with Crippen LogP contribution >= 0.6 is 0 Å². The minimum atomic E-state index is -0.195. The van der Waals surface area contributed by atoms with Gasteiger partial charge in [0.2, 0.25) is 5.91 Å². The molecule has 0 aromatic heterocycles. The summed E-state index contributed by atoms with van der Waals surface area (Å²) < 4.78 is 0. The van der Waals surface area contributed by atoms with Gasteiger partial charge < -0.3 is 16.0 Å². The highest BCUT2D eigenvalue weighted by atomic mass is 16.2. The summed E-state index contributed by atoms with van der Waals surface area (Å²) in [6, 6.07) is 7.49. The van der Waals surface area contributed by atoms with E-state index in [1.807, 2.05) is 6.07 Å². The van der Waals surface area contributed by atoms with Crippen LogP contribution in [0.3, 0.4) is 0 Å². The van der Waals surface area contributed by atoms with Crippen LogP contribution < -0.4 is 16.0 Å². The molecule has 1 aliphatic heterocycles. The Morgan fingerprint density at radius 3 is 2.81 bits per heavy atom. The molecule has 0 bridgehead atoms. The van der Waals surface area contributed by atoms with Crippen LogP contribution in [0.15, 0.2) is 24.3 Å². The summed E-state index contributed by atoms with van der Waals surface area (Å²) in [5.74, 6) is -0.237. The Morgan fingerprint density at radius 1 is 1.29 bits per heavy atom. The molecule has 0 spiro atoms. The minimum Gasteiger partial charge on any atom is -0.355 e. The molecule has 114 valence electrons. The van der Waals surface area contributed by atoms with Gasteiger partial charge in [-0.25, -0.2) is 0 Å². The number of para-hydroxylation sites is 1. The lowest BCUT2D eigenvalue weighted by Gasteiger charge is -2.23. The molecule has 0 saturated carbocycles. The Kier molecular flexibility index (Phi) is 5.75. The summed E-state index contributed by atoms with van der Waals surface area (Å²) >= 11 is 0. The first-order chi connectivity index (χ1) is 10.2. The van der Waals surface area contributed by atoms with Crippen molar-refractivity contribution in [1.82, 2.24) is 10.6 Å². The van der Waals surface area contributed by atoms with Gasteiger partial charge >= 0.3 is 0 Å². The molecule has 0 radical (unpaired) electrons. The fraction of sp³-hybridized carbons (Fsp3) is 0.500. The maximum atomic E-state index is 12.0. The van der Waals surface area contributed by atoms with E-state index in [4.69, 9.17) is 0 Å². The van der Waals surface area contributed by atoms with Crippen molar-refractivity contribution >= 4 is 17.5 Å². The normalized spacial score (nSPS) is 18.0. The second kappa shape index (κ2) is 7.78. The number of amides is 2. The van der Waals surface area contributed by atoms with Gasteiger partial charge in [0.05, 0.1) is 11.3 Å². The number of piperidine rings is 1. The molecule has 1 heterocycles. The standard InChI is InChI=1S/C16H23N3O2/c1-17-16(21)13-7-2-3-8-14(13)19-15(20)10-9-12-6-4-5-11-18-12/h2-3,7-8,12,18H,4-6,9-11H2,1H3,(H,17,21)(H,19,20). The zero-order valence-electron chi connectivity index (χ0n) is 12.4. The molecular weight excluding hydrogens is 266 g/mol. The van der Waals surface area contributed by atoms with Crippen LogP contribution in [0.1, 0.15) is 42.5 Å². The van der Waals surface area contributed by atoms with Crippen molar-refractivity contribution in [3.05, 3.63) is 29.8 Å². The van der Waals surface area contributed by atoms with Crippen LogP contribution in [-0.2, 0) is 4.79 Å². The maximum Gasteiger partial charge on any atom is 0.253 e. The Labute approximate surface area is 125 Å². The number of nitrogens with one attached hydrogen (secondary N) is 3. The fourth-order valence-electron chi connectivity index (χ4n) is 2.61. The first kappa shape index (κ1) is 15.5. The largest absolute Gasteiger partial charge is 0.355 e. The van der Waals surface area contributed by atoms with Crippen molar-refractivity contribution in [3.63, 3.8) is 0 Å². The van der Waals surface area contributed by atoms with Gasteiger partial charge in [0.15, 0.2) is 0 Å². The molecular formula is C16H23N3O2.